The average molecular weight is 459 g/mol. The Morgan fingerprint density at radius 3 is 2.47 bits per heavy atom. The Hall–Kier alpha value is -3.45. The van der Waals surface area contributed by atoms with E-state index in [0.717, 1.165) is 16.9 Å². The number of carbonyl (C=O) groups is 1. The van der Waals surface area contributed by atoms with Crippen molar-refractivity contribution in [1.82, 2.24) is 34.8 Å². The molecule has 0 fully saturated rings. The summed E-state index contributed by atoms with van der Waals surface area (Å²) in [4.78, 5) is 19.2. The highest BCUT2D eigenvalue weighted by Crippen LogP contribution is 2.34. The quantitative estimate of drug-likeness (QED) is 0.607. The average Bonchev–Trinajstić information content (AvgIpc) is 3.36. The minimum absolute atomic E-state index is 0.238. The lowest BCUT2D eigenvalue weighted by atomic mass is 10.1. The summed E-state index contributed by atoms with van der Waals surface area (Å²) in [5.74, 6) is -2.82. The number of rotatable bonds is 3. The van der Waals surface area contributed by atoms with Gasteiger partial charge in [0.1, 0.15) is 5.69 Å². The lowest BCUT2D eigenvalue weighted by Gasteiger charge is -2.11. The molecular formula is C18H15F6N7O. The maximum absolute atomic E-state index is 13.0. The Balaban J connectivity index is 1.59. The van der Waals surface area contributed by atoms with E-state index in [0.29, 0.717) is 24.2 Å². The van der Waals surface area contributed by atoms with Crippen molar-refractivity contribution in [1.29, 1.82) is 0 Å². The van der Waals surface area contributed by atoms with E-state index >= 15 is 0 Å². The Bertz CT molecular complexity index is 1190. The van der Waals surface area contributed by atoms with Gasteiger partial charge in [0.15, 0.2) is 0 Å². The highest BCUT2D eigenvalue weighted by molar-refractivity contribution is 5.91. The van der Waals surface area contributed by atoms with Gasteiger partial charge < -0.3 is 5.32 Å². The second-order valence-electron chi connectivity index (χ2n) is 7.25. The van der Waals surface area contributed by atoms with Gasteiger partial charge in [-0.3, -0.25) is 14.5 Å². The van der Waals surface area contributed by atoms with Gasteiger partial charge in [-0.1, -0.05) is 0 Å². The molecule has 14 heteroatoms. The fraction of sp³-hybridized carbons (Fsp3) is 0.389. The van der Waals surface area contributed by atoms with E-state index in [9.17, 15) is 31.1 Å². The normalized spacial score (nSPS) is 16.3. The van der Waals surface area contributed by atoms with Crippen molar-refractivity contribution >= 4 is 5.91 Å². The second-order valence-corrected chi connectivity index (χ2v) is 7.25. The van der Waals surface area contributed by atoms with Gasteiger partial charge >= 0.3 is 12.4 Å². The van der Waals surface area contributed by atoms with Gasteiger partial charge in [0, 0.05) is 25.4 Å². The minimum atomic E-state index is -4.80. The third-order valence-corrected chi connectivity index (χ3v) is 4.99. The zero-order chi connectivity index (χ0) is 23.4. The molecule has 0 spiro atoms. The lowest BCUT2D eigenvalue weighted by molar-refractivity contribution is -0.145. The van der Waals surface area contributed by atoms with Crippen LogP contribution in [0.5, 0.6) is 0 Å². The number of carbonyl (C=O) groups excluding carboxylic acids is 1. The smallest absolute Gasteiger partial charge is 0.341 e. The molecule has 0 radical (unpaired) electrons. The maximum atomic E-state index is 13.0. The number of aryl methyl sites for hydroxylation is 3. The van der Waals surface area contributed by atoms with Gasteiger partial charge in [0.25, 0.3) is 11.7 Å². The number of fused-ring (bicyclic) bond motifs is 1. The molecule has 32 heavy (non-hydrogen) atoms. The topological polar surface area (TPSA) is 90.5 Å². The molecule has 0 bridgehead atoms. The SMILES string of the molecule is Cc1cnc(C(F)(F)F)cc1-c1cc2n(n1)CC[C@H]2NC(=O)c1nc(C(F)(F)F)nn1C. The van der Waals surface area contributed by atoms with E-state index < -0.39 is 41.6 Å². The van der Waals surface area contributed by atoms with Crippen LogP contribution in [0.15, 0.2) is 18.3 Å². The van der Waals surface area contributed by atoms with Crippen molar-refractivity contribution in [3.8, 4) is 11.3 Å². The summed E-state index contributed by atoms with van der Waals surface area (Å²) in [7, 11) is 1.17. The summed E-state index contributed by atoms with van der Waals surface area (Å²) in [6, 6.07) is 1.83. The van der Waals surface area contributed by atoms with E-state index in [4.69, 9.17) is 0 Å². The number of pyridine rings is 1. The molecule has 1 N–H and O–H groups in total. The molecule has 0 aromatic carbocycles. The highest BCUT2D eigenvalue weighted by Gasteiger charge is 2.38. The minimum Gasteiger partial charge on any atom is -0.341 e. The molecule has 8 nitrogen and oxygen atoms in total. The van der Waals surface area contributed by atoms with Crippen LogP contribution < -0.4 is 5.32 Å². The molecule has 0 unspecified atom stereocenters. The molecule has 0 aliphatic carbocycles. The monoisotopic (exact) mass is 459 g/mol. The molecule has 1 atom stereocenters. The summed E-state index contributed by atoms with van der Waals surface area (Å²) in [6.07, 6.45) is -7.91. The zero-order valence-electron chi connectivity index (χ0n) is 16.6. The fourth-order valence-corrected chi connectivity index (χ4v) is 3.45. The standard InChI is InChI=1S/C18H15F6N7O/c1-8-7-25-13(17(19,20)21)5-9(8)11-6-12-10(3-4-31(12)28-11)26-15(32)14-27-16(18(22,23)24)29-30(14)2/h5-7,10H,3-4H2,1-2H3,(H,26,32)/t10-/m1/s1. The summed E-state index contributed by atoms with van der Waals surface area (Å²) >= 11 is 0. The highest BCUT2D eigenvalue weighted by atomic mass is 19.4. The maximum Gasteiger partial charge on any atom is 0.453 e. The van der Waals surface area contributed by atoms with E-state index in [1.54, 1.807) is 6.92 Å². The van der Waals surface area contributed by atoms with Crippen LogP contribution in [0.3, 0.4) is 0 Å². The predicted octanol–water partition coefficient (Wildman–Crippen LogP) is 3.29. The molecule has 3 aromatic heterocycles. The van der Waals surface area contributed by atoms with Gasteiger partial charge in [0.05, 0.1) is 17.4 Å². The number of hydrogen-bond acceptors (Lipinski definition) is 5. The first kappa shape index (κ1) is 21.8. The van der Waals surface area contributed by atoms with Crippen LogP contribution in [-0.2, 0) is 25.9 Å². The summed E-state index contributed by atoms with van der Waals surface area (Å²) in [5.41, 5.74) is 0.439. The fourth-order valence-electron chi connectivity index (χ4n) is 3.45. The lowest BCUT2D eigenvalue weighted by Crippen LogP contribution is -2.29. The predicted molar refractivity (Wildman–Crippen MR) is 96.0 cm³/mol. The molecule has 1 aliphatic rings. The molecule has 1 amide bonds. The van der Waals surface area contributed by atoms with Crippen molar-refractivity contribution < 1.29 is 31.1 Å². The van der Waals surface area contributed by atoms with Gasteiger partial charge in [0.2, 0.25) is 5.82 Å². The van der Waals surface area contributed by atoms with Crippen molar-refractivity contribution in [2.45, 2.75) is 38.3 Å². The molecular weight excluding hydrogens is 444 g/mol. The molecule has 3 aromatic rings. The summed E-state index contributed by atoms with van der Waals surface area (Å²) in [6.45, 7) is 1.96. The van der Waals surface area contributed by atoms with Gasteiger partial charge in [-0.2, -0.15) is 36.4 Å². The molecule has 4 rings (SSSR count). The first-order chi connectivity index (χ1) is 14.8. The van der Waals surface area contributed by atoms with Crippen LogP contribution in [0.2, 0.25) is 0 Å². The van der Waals surface area contributed by atoms with Crippen LogP contribution >= 0.6 is 0 Å². The van der Waals surface area contributed by atoms with Crippen molar-refractivity contribution in [3.63, 3.8) is 0 Å². The number of amides is 1. The summed E-state index contributed by atoms with van der Waals surface area (Å²) < 4.78 is 79.7. The molecule has 4 heterocycles. The number of alkyl halides is 6. The Kier molecular flexibility index (Phi) is 4.97. The van der Waals surface area contributed by atoms with Crippen LogP contribution in [0, 0.1) is 6.92 Å². The van der Waals surface area contributed by atoms with E-state index in [1.807, 2.05) is 0 Å². The molecule has 0 saturated heterocycles. The van der Waals surface area contributed by atoms with E-state index in [1.165, 1.54) is 17.8 Å². The van der Waals surface area contributed by atoms with Crippen molar-refractivity contribution in [2.24, 2.45) is 7.05 Å². The van der Waals surface area contributed by atoms with Gasteiger partial charge in [-0.25, -0.2) is 4.68 Å². The van der Waals surface area contributed by atoms with Crippen LogP contribution in [-0.4, -0.2) is 35.4 Å². The molecule has 170 valence electrons. The van der Waals surface area contributed by atoms with Crippen LogP contribution in [0.25, 0.3) is 11.3 Å². The van der Waals surface area contributed by atoms with Gasteiger partial charge in [-0.15, -0.1) is 5.10 Å². The van der Waals surface area contributed by atoms with Crippen molar-refractivity contribution in [3.05, 3.63) is 46.9 Å². The third-order valence-electron chi connectivity index (χ3n) is 4.99. The Morgan fingerprint density at radius 2 is 1.84 bits per heavy atom. The third kappa shape index (κ3) is 3.91. The van der Waals surface area contributed by atoms with Gasteiger partial charge in [-0.05, 0) is 31.0 Å². The first-order valence-corrected chi connectivity index (χ1v) is 9.25. The largest absolute Gasteiger partial charge is 0.453 e. The Morgan fingerprint density at radius 1 is 1.12 bits per heavy atom. The van der Waals surface area contributed by atoms with Crippen LogP contribution in [0.1, 0.15) is 45.9 Å². The number of hydrogen-bond donors (Lipinski definition) is 1. The second kappa shape index (κ2) is 7.31. The zero-order valence-corrected chi connectivity index (χ0v) is 16.6. The van der Waals surface area contributed by atoms with Crippen molar-refractivity contribution in [2.75, 3.05) is 0 Å². The Labute approximate surface area is 176 Å². The number of nitrogens with one attached hydrogen (secondary N) is 1. The number of halogens is 6. The molecule has 1 aliphatic heterocycles. The van der Waals surface area contributed by atoms with E-state index in [-0.39, 0.29) is 11.3 Å². The first-order valence-electron chi connectivity index (χ1n) is 9.25. The van der Waals surface area contributed by atoms with Crippen LogP contribution in [0.4, 0.5) is 26.3 Å². The summed E-state index contributed by atoms with van der Waals surface area (Å²) in [5, 5.41) is 10.1. The van der Waals surface area contributed by atoms with E-state index in [2.05, 4.69) is 25.5 Å². The molecule has 0 saturated carbocycles. The number of nitrogens with zero attached hydrogens (tertiary/aromatic N) is 6. The number of aromatic nitrogens is 6.